The van der Waals surface area contributed by atoms with Crippen LogP contribution in [-0.4, -0.2) is 38.4 Å². The molecule has 2 N–H and O–H groups in total. The molecule has 1 aliphatic heterocycles. The number of anilines is 2. The van der Waals surface area contributed by atoms with Gasteiger partial charge in [-0.25, -0.2) is 4.79 Å². The molecule has 1 aromatic carbocycles. The second-order valence-corrected chi connectivity index (χ2v) is 4.75. The maximum atomic E-state index is 12.0. The fraction of sp³-hybridized carbons (Fsp3) is 0.467. The minimum atomic E-state index is -0.558. The van der Waals surface area contributed by atoms with Gasteiger partial charge in [-0.2, -0.15) is 0 Å². The van der Waals surface area contributed by atoms with Gasteiger partial charge in [0.2, 0.25) is 0 Å². The molecule has 1 atom stereocenters. The van der Waals surface area contributed by atoms with Crippen LogP contribution in [0.25, 0.3) is 0 Å². The highest BCUT2D eigenvalue weighted by atomic mass is 16.5. The van der Waals surface area contributed by atoms with Crippen LogP contribution in [0.2, 0.25) is 0 Å². The number of benzene rings is 1. The van der Waals surface area contributed by atoms with E-state index in [1.54, 1.807) is 25.1 Å². The Morgan fingerprint density at radius 2 is 2.18 bits per heavy atom. The van der Waals surface area contributed by atoms with Crippen LogP contribution in [0.15, 0.2) is 18.2 Å². The lowest BCUT2D eigenvalue weighted by Gasteiger charge is -2.14. The minimum absolute atomic E-state index is 0.175. The van der Waals surface area contributed by atoms with Gasteiger partial charge in [0.1, 0.15) is 11.9 Å². The van der Waals surface area contributed by atoms with E-state index in [0.717, 1.165) is 12.8 Å². The van der Waals surface area contributed by atoms with Crippen LogP contribution in [-0.2, 0) is 14.3 Å². The van der Waals surface area contributed by atoms with Crippen molar-refractivity contribution in [3.63, 3.8) is 0 Å². The Bertz CT molecular complexity index is 541. The number of nitrogens with one attached hydrogen (secondary N) is 2. The topological polar surface area (TPSA) is 85.9 Å². The van der Waals surface area contributed by atoms with Crippen molar-refractivity contribution in [3.8, 4) is 5.75 Å². The molecule has 2 amide bonds. The number of carbonyl (C=O) groups excluding carboxylic acids is 2. The predicted octanol–water partition coefficient (Wildman–Crippen LogP) is 2.38. The zero-order valence-corrected chi connectivity index (χ0v) is 12.7. The van der Waals surface area contributed by atoms with E-state index in [-0.39, 0.29) is 12.5 Å². The first-order valence-electron chi connectivity index (χ1n) is 7.18. The predicted molar refractivity (Wildman–Crippen MR) is 81.2 cm³/mol. The molecule has 0 bridgehead atoms. The zero-order chi connectivity index (χ0) is 15.9. The normalized spacial score (nSPS) is 16.9. The Labute approximate surface area is 128 Å². The number of carbonyl (C=O) groups is 2. The van der Waals surface area contributed by atoms with Gasteiger partial charge in [0, 0.05) is 18.4 Å². The molecule has 2 rings (SSSR count). The summed E-state index contributed by atoms with van der Waals surface area (Å²) in [6.45, 7) is 2.62. The standard InChI is InChI=1S/C15H20N2O5/c1-3-21-15(19)17-11-7-6-10(9-13(11)20-2)16-14(18)12-5-4-8-22-12/h6-7,9,12H,3-5,8H2,1-2H3,(H,16,18)(H,17,19). The van der Waals surface area contributed by atoms with E-state index in [2.05, 4.69) is 10.6 Å². The molecule has 1 fully saturated rings. The molecule has 7 heteroatoms. The highest BCUT2D eigenvalue weighted by molar-refractivity contribution is 5.95. The SMILES string of the molecule is CCOC(=O)Nc1ccc(NC(=O)C2CCCO2)cc1OC. The molecular weight excluding hydrogens is 288 g/mol. The third-order valence-corrected chi connectivity index (χ3v) is 3.20. The number of hydrogen-bond acceptors (Lipinski definition) is 5. The van der Waals surface area contributed by atoms with Crippen molar-refractivity contribution in [2.24, 2.45) is 0 Å². The van der Waals surface area contributed by atoms with Crippen molar-refractivity contribution in [3.05, 3.63) is 18.2 Å². The summed E-state index contributed by atoms with van der Waals surface area (Å²) >= 11 is 0. The quantitative estimate of drug-likeness (QED) is 0.872. The van der Waals surface area contributed by atoms with Crippen molar-refractivity contribution in [1.82, 2.24) is 0 Å². The fourth-order valence-corrected chi connectivity index (χ4v) is 2.16. The van der Waals surface area contributed by atoms with Crippen molar-refractivity contribution in [2.75, 3.05) is 31.0 Å². The molecule has 1 saturated heterocycles. The van der Waals surface area contributed by atoms with Gasteiger partial charge >= 0.3 is 6.09 Å². The average molecular weight is 308 g/mol. The van der Waals surface area contributed by atoms with E-state index in [4.69, 9.17) is 14.2 Å². The smallest absolute Gasteiger partial charge is 0.411 e. The van der Waals surface area contributed by atoms with Crippen molar-refractivity contribution < 1.29 is 23.8 Å². The Balaban J connectivity index is 2.04. The van der Waals surface area contributed by atoms with Gasteiger partial charge < -0.3 is 19.5 Å². The van der Waals surface area contributed by atoms with Crippen LogP contribution in [0.5, 0.6) is 5.75 Å². The van der Waals surface area contributed by atoms with Crippen molar-refractivity contribution >= 4 is 23.4 Å². The Morgan fingerprint density at radius 3 is 2.82 bits per heavy atom. The molecule has 0 aromatic heterocycles. The lowest BCUT2D eigenvalue weighted by atomic mass is 10.2. The van der Waals surface area contributed by atoms with Crippen molar-refractivity contribution in [1.29, 1.82) is 0 Å². The largest absolute Gasteiger partial charge is 0.494 e. The average Bonchev–Trinajstić information content (AvgIpc) is 3.03. The van der Waals surface area contributed by atoms with E-state index < -0.39 is 12.2 Å². The number of ether oxygens (including phenoxy) is 3. The molecule has 1 heterocycles. The molecule has 0 aliphatic carbocycles. The second kappa shape index (κ2) is 7.65. The number of rotatable bonds is 5. The fourth-order valence-electron chi connectivity index (χ4n) is 2.16. The summed E-state index contributed by atoms with van der Waals surface area (Å²) in [5.41, 5.74) is 1.04. The summed E-state index contributed by atoms with van der Waals surface area (Å²) in [6.07, 6.45) is 0.662. The zero-order valence-electron chi connectivity index (χ0n) is 12.7. The first kappa shape index (κ1) is 16.1. The van der Waals surface area contributed by atoms with E-state index in [9.17, 15) is 9.59 Å². The first-order valence-corrected chi connectivity index (χ1v) is 7.18. The summed E-state index contributed by atoms with van der Waals surface area (Å²) in [4.78, 5) is 23.4. The second-order valence-electron chi connectivity index (χ2n) is 4.75. The lowest BCUT2D eigenvalue weighted by molar-refractivity contribution is -0.124. The van der Waals surface area contributed by atoms with Crippen LogP contribution >= 0.6 is 0 Å². The maximum Gasteiger partial charge on any atom is 0.411 e. The number of methoxy groups -OCH3 is 1. The van der Waals surface area contributed by atoms with Crippen LogP contribution in [0, 0.1) is 0 Å². The van der Waals surface area contributed by atoms with Gasteiger partial charge in [0.05, 0.1) is 19.4 Å². The summed E-state index contributed by atoms with van der Waals surface area (Å²) in [7, 11) is 1.48. The van der Waals surface area contributed by atoms with Gasteiger partial charge in [-0.1, -0.05) is 0 Å². The van der Waals surface area contributed by atoms with Crippen LogP contribution in [0.3, 0.4) is 0 Å². The van der Waals surface area contributed by atoms with E-state index in [1.165, 1.54) is 7.11 Å². The third kappa shape index (κ3) is 4.11. The first-order chi connectivity index (χ1) is 10.6. The lowest BCUT2D eigenvalue weighted by Crippen LogP contribution is -2.26. The van der Waals surface area contributed by atoms with Crippen LogP contribution < -0.4 is 15.4 Å². The third-order valence-electron chi connectivity index (χ3n) is 3.20. The van der Waals surface area contributed by atoms with Crippen LogP contribution in [0.4, 0.5) is 16.2 Å². The number of hydrogen-bond donors (Lipinski definition) is 2. The molecule has 1 aliphatic rings. The molecule has 0 radical (unpaired) electrons. The van der Waals surface area contributed by atoms with E-state index in [1.807, 2.05) is 0 Å². The van der Waals surface area contributed by atoms with Gasteiger partial charge in [-0.15, -0.1) is 0 Å². The van der Waals surface area contributed by atoms with Gasteiger partial charge in [-0.05, 0) is 31.9 Å². The van der Waals surface area contributed by atoms with Crippen LogP contribution in [0.1, 0.15) is 19.8 Å². The monoisotopic (exact) mass is 308 g/mol. The van der Waals surface area contributed by atoms with Crippen molar-refractivity contribution in [2.45, 2.75) is 25.9 Å². The molecule has 1 aromatic rings. The Hall–Kier alpha value is -2.28. The highest BCUT2D eigenvalue weighted by Crippen LogP contribution is 2.28. The Morgan fingerprint density at radius 1 is 1.36 bits per heavy atom. The summed E-state index contributed by atoms with van der Waals surface area (Å²) < 4.78 is 15.4. The molecule has 22 heavy (non-hydrogen) atoms. The molecule has 120 valence electrons. The molecule has 0 saturated carbocycles. The van der Waals surface area contributed by atoms with Gasteiger partial charge in [-0.3, -0.25) is 10.1 Å². The van der Waals surface area contributed by atoms with Gasteiger partial charge in [0.15, 0.2) is 0 Å². The van der Waals surface area contributed by atoms with Gasteiger partial charge in [0.25, 0.3) is 5.91 Å². The summed E-state index contributed by atoms with van der Waals surface area (Å²) in [6, 6.07) is 4.95. The highest BCUT2D eigenvalue weighted by Gasteiger charge is 2.23. The molecule has 1 unspecified atom stereocenters. The van der Waals surface area contributed by atoms with E-state index in [0.29, 0.717) is 23.7 Å². The Kier molecular flexibility index (Phi) is 5.60. The molecular formula is C15H20N2O5. The summed E-state index contributed by atoms with van der Waals surface area (Å²) in [5.74, 6) is 0.254. The molecule has 0 spiro atoms. The maximum absolute atomic E-state index is 12.0. The molecule has 7 nitrogen and oxygen atoms in total. The van der Waals surface area contributed by atoms with E-state index >= 15 is 0 Å². The number of amides is 2. The summed E-state index contributed by atoms with van der Waals surface area (Å²) in [5, 5.41) is 5.35. The minimum Gasteiger partial charge on any atom is -0.494 e.